The molecule has 0 nitrogen and oxygen atoms in total. The summed E-state index contributed by atoms with van der Waals surface area (Å²) in [6.45, 7) is 4.76. The Morgan fingerprint density at radius 2 is 1.90 bits per heavy atom. The first kappa shape index (κ1) is 8.45. The maximum Gasteiger partial charge on any atom is -0.00933 e. The summed E-state index contributed by atoms with van der Waals surface area (Å²) in [5, 5.41) is 1.06. The third-order valence-corrected chi connectivity index (χ3v) is 6.48. The normalized spacial score (nSPS) is 34.7. The molecular formula is C9H20S. The van der Waals surface area contributed by atoms with E-state index in [-0.39, 0.29) is 10.0 Å². The van der Waals surface area contributed by atoms with Crippen LogP contribution >= 0.6 is 10.0 Å². The van der Waals surface area contributed by atoms with Gasteiger partial charge in [0.2, 0.25) is 0 Å². The van der Waals surface area contributed by atoms with E-state index in [2.05, 4.69) is 26.4 Å². The van der Waals surface area contributed by atoms with E-state index in [1.54, 1.807) is 0 Å². The van der Waals surface area contributed by atoms with Crippen molar-refractivity contribution >= 4 is 10.0 Å². The van der Waals surface area contributed by atoms with Crippen LogP contribution in [-0.4, -0.2) is 23.5 Å². The molecule has 1 saturated heterocycles. The molecule has 10 heavy (non-hydrogen) atoms. The van der Waals surface area contributed by atoms with E-state index in [0.29, 0.717) is 0 Å². The van der Waals surface area contributed by atoms with Gasteiger partial charge in [-0.05, 0) is 42.3 Å². The molecule has 1 atom stereocenters. The lowest BCUT2D eigenvalue weighted by Crippen LogP contribution is -2.17. The van der Waals surface area contributed by atoms with Crippen LogP contribution in [0, 0.1) is 5.92 Å². The molecule has 0 radical (unpaired) electrons. The molecule has 0 amide bonds. The van der Waals surface area contributed by atoms with Gasteiger partial charge >= 0.3 is 0 Å². The molecule has 1 fully saturated rings. The monoisotopic (exact) mass is 160 g/mol. The number of hydrogen-bond donors (Lipinski definition) is 0. The van der Waals surface area contributed by atoms with Crippen molar-refractivity contribution in [1.82, 2.24) is 0 Å². The molecular weight excluding hydrogens is 140 g/mol. The summed E-state index contributed by atoms with van der Waals surface area (Å²) in [7, 11) is -0.186. The van der Waals surface area contributed by atoms with Crippen molar-refractivity contribution in [2.45, 2.75) is 31.9 Å². The Balaban J connectivity index is 2.59. The fraction of sp³-hybridized carbons (Fsp3) is 1.00. The van der Waals surface area contributed by atoms with Crippen LogP contribution in [0.25, 0.3) is 0 Å². The summed E-state index contributed by atoms with van der Waals surface area (Å²) in [5.74, 6) is 2.45. The summed E-state index contributed by atoms with van der Waals surface area (Å²) in [6.07, 6.45) is 8.00. The fourth-order valence-corrected chi connectivity index (χ4v) is 5.69. The molecule has 62 valence electrons. The molecule has 0 aromatic heterocycles. The topological polar surface area (TPSA) is 0 Å². The Hall–Kier alpha value is 0.350. The largest absolute Gasteiger partial charge is 0.244 e. The van der Waals surface area contributed by atoms with Gasteiger partial charge < -0.3 is 0 Å². The minimum Gasteiger partial charge on any atom is -0.244 e. The van der Waals surface area contributed by atoms with Crippen molar-refractivity contribution in [2.24, 2.45) is 5.92 Å². The lowest BCUT2D eigenvalue weighted by molar-refractivity contribution is 0.584. The highest BCUT2D eigenvalue weighted by Crippen LogP contribution is 2.55. The van der Waals surface area contributed by atoms with Crippen LogP contribution in [-0.2, 0) is 0 Å². The predicted octanol–water partition coefficient (Wildman–Crippen LogP) is 2.87. The van der Waals surface area contributed by atoms with Crippen LogP contribution in [0.4, 0.5) is 0 Å². The zero-order valence-electron chi connectivity index (χ0n) is 7.68. The van der Waals surface area contributed by atoms with Gasteiger partial charge in [0.05, 0.1) is 0 Å². The van der Waals surface area contributed by atoms with Gasteiger partial charge in [0, 0.05) is 0 Å². The first-order valence-corrected chi connectivity index (χ1v) is 6.92. The molecule has 0 N–H and O–H groups in total. The van der Waals surface area contributed by atoms with Gasteiger partial charge in [-0.2, -0.15) is 0 Å². The van der Waals surface area contributed by atoms with Gasteiger partial charge in [-0.3, -0.25) is 0 Å². The average molecular weight is 160 g/mol. The van der Waals surface area contributed by atoms with E-state index in [1.807, 2.05) is 0 Å². The van der Waals surface area contributed by atoms with Crippen LogP contribution in [0.1, 0.15) is 26.7 Å². The second kappa shape index (κ2) is 2.77. The summed E-state index contributed by atoms with van der Waals surface area (Å²) < 4.78 is 0. The number of hydrogen-bond acceptors (Lipinski definition) is 0. The van der Waals surface area contributed by atoms with Crippen LogP contribution < -0.4 is 0 Å². The van der Waals surface area contributed by atoms with Crippen molar-refractivity contribution in [3.05, 3.63) is 0 Å². The minimum absolute atomic E-state index is 0.186. The summed E-state index contributed by atoms with van der Waals surface area (Å²) in [6, 6.07) is 0. The fourth-order valence-electron chi connectivity index (χ4n) is 2.20. The second-order valence-corrected chi connectivity index (χ2v) is 8.51. The lowest BCUT2D eigenvalue weighted by Gasteiger charge is -2.35. The van der Waals surface area contributed by atoms with E-state index in [0.717, 1.165) is 11.2 Å². The second-order valence-electron chi connectivity index (χ2n) is 4.25. The SMILES string of the molecule is CC(C)C1CCCS1(C)C. The van der Waals surface area contributed by atoms with Gasteiger partial charge in [0.15, 0.2) is 0 Å². The Morgan fingerprint density at radius 1 is 1.30 bits per heavy atom. The highest BCUT2D eigenvalue weighted by atomic mass is 32.3. The van der Waals surface area contributed by atoms with E-state index >= 15 is 0 Å². The van der Waals surface area contributed by atoms with Crippen molar-refractivity contribution in [3.8, 4) is 0 Å². The Kier molecular flexibility index (Phi) is 2.34. The minimum atomic E-state index is -0.186. The van der Waals surface area contributed by atoms with Gasteiger partial charge in [0.1, 0.15) is 0 Å². The molecule has 1 heterocycles. The van der Waals surface area contributed by atoms with Crippen molar-refractivity contribution in [3.63, 3.8) is 0 Å². The predicted molar refractivity (Wildman–Crippen MR) is 52.2 cm³/mol. The summed E-state index contributed by atoms with van der Waals surface area (Å²) in [4.78, 5) is 0. The first-order chi connectivity index (χ1) is 4.54. The van der Waals surface area contributed by atoms with Crippen molar-refractivity contribution in [2.75, 3.05) is 18.3 Å². The zero-order valence-corrected chi connectivity index (χ0v) is 8.50. The first-order valence-electron chi connectivity index (χ1n) is 4.24. The molecule has 1 aliphatic rings. The molecule has 0 aromatic carbocycles. The van der Waals surface area contributed by atoms with Gasteiger partial charge in [0.25, 0.3) is 0 Å². The molecule has 1 unspecified atom stereocenters. The Morgan fingerprint density at radius 3 is 2.10 bits per heavy atom. The van der Waals surface area contributed by atoms with Crippen LogP contribution in [0.5, 0.6) is 0 Å². The highest BCUT2D eigenvalue weighted by Gasteiger charge is 2.31. The van der Waals surface area contributed by atoms with E-state index in [1.165, 1.54) is 18.6 Å². The van der Waals surface area contributed by atoms with Gasteiger partial charge in [-0.25, -0.2) is 10.0 Å². The molecule has 1 rings (SSSR count). The molecule has 0 bridgehead atoms. The molecule has 1 heteroatoms. The van der Waals surface area contributed by atoms with Crippen molar-refractivity contribution < 1.29 is 0 Å². The average Bonchev–Trinajstić information content (AvgIpc) is 2.08. The third kappa shape index (κ3) is 1.50. The molecule has 0 aromatic rings. The van der Waals surface area contributed by atoms with Crippen LogP contribution in [0.2, 0.25) is 0 Å². The summed E-state index contributed by atoms with van der Waals surface area (Å²) >= 11 is 0. The standard InChI is InChI=1S/C9H20S/c1-8(2)9-6-5-7-10(9,3)4/h8-9H,5-7H2,1-4H3. The van der Waals surface area contributed by atoms with E-state index in [9.17, 15) is 0 Å². The zero-order chi connectivity index (χ0) is 7.78. The lowest BCUT2D eigenvalue weighted by atomic mass is 10.1. The Bertz CT molecular complexity index is 116. The van der Waals surface area contributed by atoms with Crippen LogP contribution in [0.15, 0.2) is 0 Å². The quantitative estimate of drug-likeness (QED) is 0.553. The maximum atomic E-state index is 2.50. The molecule has 1 aliphatic heterocycles. The van der Waals surface area contributed by atoms with Crippen molar-refractivity contribution in [1.29, 1.82) is 0 Å². The number of rotatable bonds is 1. The van der Waals surface area contributed by atoms with E-state index in [4.69, 9.17) is 0 Å². The maximum absolute atomic E-state index is 2.50. The Labute approximate surface area is 66.7 Å². The van der Waals surface area contributed by atoms with Crippen LogP contribution in [0.3, 0.4) is 0 Å². The van der Waals surface area contributed by atoms with Gasteiger partial charge in [-0.1, -0.05) is 13.8 Å². The smallest absolute Gasteiger partial charge is 0.00933 e. The highest BCUT2D eigenvalue weighted by molar-refractivity contribution is 8.33. The third-order valence-electron chi connectivity index (χ3n) is 2.72. The summed E-state index contributed by atoms with van der Waals surface area (Å²) in [5.41, 5.74) is 0. The molecule has 0 saturated carbocycles. The molecule has 0 aliphatic carbocycles. The van der Waals surface area contributed by atoms with E-state index < -0.39 is 0 Å². The molecule has 0 spiro atoms. The van der Waals surface area contributed by atoms with Gasteiger partial charge in [-0.15, -0.1) is 0 Å².